The molecular weight excluding hydrogens is 374 g/mol. The fourth-order valence-corrected chi connectivity index (χ4v) is 3.82. The topological polar surface area (TPSA) is 71.5 Å². The molecule has 1 N–H and O–H groups in total. The summed E-state index contributed by atoms with van der Waals surface area (Å²) in [6, 6.07) is 14.7. The predicted molar refractivity (Wildman–Crippen MR) is 110 cm³/mol. The number of carbonyl (C=O) groups excluding carboxylic acids is 2. The molecule has 28 heavy (non-hydrogen) atoms. The maximum absolute atomic E-state index is 12.5. The summed E-state index contributed by atoms with van der Waals surface area (Å²) in [7, 11) is 1.63. The molecule has 0 radical (unpaired) electrons. The van der Waals surface area contributed by atoms with Crippen LogP contribution in [0.5, 0.6) is 5.75 Å². The lowest BCUT2D eigenvalue weighted by Gasteiger charge is -2.15. The zero-order valence-corrected chi connectivity index (χ0v) is 16.2. The second-order valence-corrected chi connectivity index (χ2v) is 7.27. The number of ether oxygens (including phenoxy) is 1. The van der Waals surface area contributed by atoms with E-state index in [9.17, 15) is 9.59 Å². The van der Waals surface area contributed by atoms with E-state index in [1.165, 1.54) is 11.3 Å². The van der Waals surface area contributed by atoms with Crippen LogP contribution >= 0.6 is 11.3 Å². The van der Waals surface area contributed by atoms with Crippen LogP contribution in [0.25, 0.3) is 11.3 Å². The summed E-state index contributed by atoms with van der Waals surface area (Å²) in [6.45, 7) is 0.734. The van der Waals surface area contributed by atoms with E-state index in [1.54, 1.807) is 24.1 Å². The molecule has 0 aliphatic carbocycles. The van der Waals surface area contributed by atoms with E-state index < -0.39 is 0 Å². The highest BCUT2D eigenvalue weighted by atomic mass is 32.1. The van der Waals surface area contributed by atoms with Crippen molar-refractivity contribution in [2.24, 2.45) is 0 Å². The van der Waals surface area contributed by atoms with Crippen LogP contribution in [-0.2, 0) is 4.79 Å². The summed E-state index contributed by atoms with van der Waals surface area (Å²) < 4.78 is 5.16. The van der Waals surface area contributed by atoms with Crippen LogP contribution < -0.4 is 15.0 Å². The zero-order valence-electron chi connectivity index (χ0n) is 15.3. The molecule has 1 fully saturated rings. The number of amides is 2. The zero-order chi connectivity index (χ0) is 19.5. The fourth-order valence-electron chi connectivity index (χ4n) is 3.11. The van der Waals surface area contributed by atoms with Gasteiger partial charge in [0.15, 0.2) is 5.13 Å². The molecule has 0 unspecified atom stereocenters. The Balaban J connectivity index is 1.43. The van der Waals surface area contributed by atoms with Crippen molar-refractivity contribution in [2.45, 2.75) is 12.8 Å². The molecule has 2 aromatic carbocycles. The van der Waals surface area contributed by atoms with E-state index in [1.807, 2.05) is 41.8 Å². The third kappa shape index (κ3) is 3.75. The number of carbonyl (C=O) groups is 2. The first-order chi connectivity index (χ1) is 13.6. The van der Waals surface area contributed by atoms with Crippen molar-refractivity contribution in [1.82, 2.24) is 4.98 Å². The number of rotatable bonds is 5. The highest BCUT2D eigenvalue weighted by Gasteiger charge is 2.21. The highest BCUT2D eigenvalue weighted by Crippen LogP contribution is 2.27. The molecule has 1 aromatic heterocycles. The molecule has 1 saturated heterocycles. The van der Waals surface area contributed by atoms with Crippen LogP contribution in [0.1, 0.15) is 23.2 Å². The van der Waals surface area contributed by atoms with Crippen molar-refractivity contribution in [3.8, 4) is 17.0 Å². The number of anilines is 2. The molecule has 0 spiro atoms. The fraction of sp³-hybridized carbons (Fsp3) is 0.190. The van der Waals surface area contributed by atoms with Gasteiger partial charge in [-0.3, -0.25) is 14.9 Å². The van der Waals surface area contributed by atoms with Gasteiger partial charge >= 0.3 is 0 Å². The van der Waals surface area contributed by atoms with Crippen molar-refractivity contribution in [3.05, 3.63) is 59.5 Å². The van der Waals surface area contributed by atoms with E-state index in [0.29, 0.717) is 17.1 Å². The van der Waals surface area contributed by atoms with E-state index >= 15 is 0 Å². The van der Waals surface area contributed by atoms with E-state index in [-0.39, 0.29) is 11.8 Å². The van der Waals surface area contributed by atoms with Gasteiger partial charge in [-0.1, -0.05) is 0 Å². The van der Waals surface area contributed by atoms with Gasteiger partial charge in [-0.05, 0) is 55.0 Å². The monoisotopic (exact) mass is 393 g/mol. The van der Waals surface area contributed by atoms with Gasteiger partial charge in [0.05, 0.1) is 12.8 Å². The van der Waals surface area contributed by atoms with Gasteiger partial charge in [0.25, 0.3) is 5.91 Å². The van der Waals surface area contributed by atoms with Crippen molar-refractivity contribution in [3.63, 3.8) is 0 Å². The summed E-state index contributed by atoms with van der Waals surface area (Å²) in [4.78, 5) is 30.6. The van der Waals surface area contributed by atoms with E-state index in [2.05, 4.69) is 10.3 Å². The van der Waals surface area contributed by atoms with Crippen molar-refractivity contribution in [1.29, 1.82) is 0 Å². The molecule has 2 heterocycles. The number of hydrogen-bond donors (Lipinski definition) is 1. The standard InChI is InChI=1S/C21H19N3O3S/c1-27-17-10-6-14(7-11-17)18-13-28-21(22-18)23-20(26)15-4-8-16(9-5-15)24-12-2-3-19(24)25/h4-11,13H,2-3,12H2,1H3,(H,22,23,26). The molecule has 1 aliphatic rings. The first-order valence-electron chi connectivity index (χ1n) is 8.96. The number of aromatic nitrogens is 1. The van der Waals surface area contributed by atoms with Gasteiger partial charge in [-0.15, -0.1) is 11.3 Å². The minimum atomic E-state index is -0.227. The molecule has 142 valence electrons. The van der Waals surface area contributed by atoms with Gasteiger partial charge < -0.3 is 9.64 Å². The summed E-state index contributed by atoms with van der Waals surface area (Å²) >= 11 is 1.37. The van der Waals surface area contributed by atoms with Crippen LogP contribution in [0.15, 0.2) is 53.9 Å². The maximum atomic E-state index is 12.5. The third-order valence-electron chi connectivity index (χ3n) is 4.63. The Hall–Kier alpha value is -3.19. The predicted octanol–water partition coefficient (Wildman–Crippen LogP) is 4.20. The Morgan fingerprint density at radius 2 is 1.89 bits per heavy atom. The van der Waals surface area contributed by atoms with Gasteiger partial charge in [0, 0.05) is 35.2 Å². The molecule has 1 aliphatic heterocycles. The van der Waals surface area contributed by atoms with Gasteiger partial charge in [0.2, 0.25) is 5.91 Å². The van der Waals surface area contributed by atoms with E-state index in [0.717, 1.165) is 35.7 Å². The van der Waals surface area contributed by atoms with Gasteiger partial charge in [0.1, 0.15) is 5.75 Å². The van der Waals surface area contributed by atoms with Crippen molar-refractivity contribution in [2.75, 3.05) is 23.9 Å². The number of methoxy groups -OCH3 is 1. The number of hydrogen-bond acceptors (Lipinski definition) is 5. The quantitative estimate of drug-likeness (QED) is 0.705. The van der Waals surface area contributed by atoms with Crippen LogP contribution in [0.4, 0.5) is 10.8 Å². The molecule has 6 nitrogen and oxygen atoms in total. The van der Waals surface area contributed by atoms with Crippen molar-refractivity contribution >= 4 is 34.0 Å². The number of nitrogens with zero attached hydrogens (tertiary/aromatic N) is 2. The molecular formula is C21H19N3O3S. The molecule has 0 atom stereocenters. The minimum Gasteiger partial charge on any atom is -0.497 e. The van der Waals surface area contributed by atoms with Crippen LogP contribution in [0.3, 0.4) is 0 Å². The molecule has 0 bridgehead atoms. The SMILES string of the molecule is COc1ccc(-c2csc(NC(=O)c3ccc(N4CCCC4=O)cc3)n2)cc1. The lowest BCUT2D eigenvalue weighted by molar-refractivity contribution is -0.117. The molecule has 3 aromatic rings. The summed E-state index contributed by atoms with van der Waals surface area (Å²) in [5.74, 6) is 0.688. The summed E-state index contributed by atoms with van der Waals surface area (Å²) in [5, 5.41) is 5.27. The van der Waals surface area contributed by atoms with Crippen LogP contribution in [-0.4, -0.2) is 30.5 Å². The third-order valence-corrected chi connectivity index (χ3v) is 5.38. The minimum absolute atomic E-state index is 0.131. The first kappa shape index (κ1) is 18.2. The Bertz CT molecular complexity index is 996. The normalized spacial score (nSPS) is 13.6. The maximum Gasteiger partial charge on any atom is 0.257 e. The number of benzene rings is 2. The average Bonchev–Trinajstić information content (AvgIpc) is 3.37. The number of thiazole rings is 1. The summed E-state index contributed by atoms with van der Waals surface area (Å²) in [5.41, 5.74) is 3.11. The van der Waals surface area contributed by atoms with Gasteiger partial charge in [-0.25, -0.2) is 4.98 Å². The largest absolute Gasteiger partial charge is 0.497 e. The average molecular weight is 393 g/mol. The smallest absolute Gasteiger partial charge is 0.257 e. The Morgan fingerprint density at radius 1 is 1.14 bits per heavy atom. The molecule has 2 amide bonds. The molecule has 0 saturated carbocycles. The van der Waals surface area contributed by atoms with Crippen LogP contribution in [0, 0.1) is 0 Å². The lowest BCUT2D eigenvalue weighted by atomic mass is 10.2. The Morgan fingerprint density at radius 3 is 2.54 bits per heavy atom. The lowest BCUT2D eigenvalue weighted by Crippen LogP contribution is -2.23. The Labute approximate surface area is 166 Å². The first-order valence-corrected chi connectivity index (χ1v) is 9.84. The van der Waals surface area contributed by atoms with Gasteiger partial charge in [-0.2, -0.15) is 0 Å². The second-order valence-electron chi connectivity index (χ2n) is 6.42. The molecule has 4 rings (SSSR count). The van der Waals surface area contributed by atoms with E-state index in [4.69, 9.17) is 4.74 Å². The Kier molecular flexibility index (Phi) is 5.08. The van der Waals surface area contributed by atoms with Crippen molar-refractivity contribution < 1.29 is 14.3 Å². The second kappa shape index (κ2) is 7.82. The number of nitrogens with one attached hydrogen (secondary N) is 1. The molecule has 7 heteroatoms. The van der Waals surface area contributed by atoms with Crippen LogP contribution in [0.2, 0.25) is 0 Å². The summed E-state index contributed by atoms with van der Waals surface area (Å²) in [6.07, 6.45) is 1.46. The highest BCUT2D eigenvalue weighted by molar-refractivity contribution is 7.14.